The van der Waals surface area contributed by atoms with Crippen molar-refractivity contribution < 1.29 is 0 Å². The van der Waals surface area contributed by atoms with Gasteiger partial charge in [0.25, 0.3) is 5.56 Å². The van der Waals surface area contributed by atoms with E-state index in [0.717, 1.165) is 39.1 Å². The van der Waals surface area contributed by atoms with Crippen LogP contribution >= 0.6 is 8.58 Å². The predicted octanol–water partition coefficient (Wildman–Crippen LogP) is 4.47. The van der Waals surface area contributed by atoms with Gasteiger partial charge in [-0.2, -0.15) is 0 Å². The lowest BCUT2D eigenvalue weighted by Crippen LogP contribution is -2.33. The van der Waals surface area contributed by atoms with Gasteiger partial charge in [0.1, 0.15) is 0 Å². The summed E-state index contributed by atoms with van der Waals surface area (Å²) in [6.07, 6.45) is 9.39. The topological polar surface area (TPSA) is 34.9 Å². The summed E-state index contributed by atoms with van der Waals surface area (Å²) < 4.78 is 1.95. The summed E-state index contributed by atoms with van der Waals surface area (Å²) in [5.74, 6) is 0.534. The van der Waals surface area contributed by atoms with Gasteiger partial charge in [0.2, 0.25) is 0 Å². The summed E-state index contributed by atoms with van der Waals surface area (Å²) in [6.45, 7) is 6.43. The summed E-state index contributed by atoms with van der Waals surface area (Å²) in [5.41, 5.74) is 3.33. The van der Waals surface area contributed by atoms with Crippen molar-refractivity contribution in [1.82, 2.24) is 9.55 Å². The van der Waals surface area contributed by atoms with Crippen LogP contribution in [0.4, 0.5) is 0 Å². The molecule has 140 valence electrons. The Morgan fingerprint density at radius 1 is 1.19 bits per heavy atom. The van der Waals surface area contributed by atoms with E-state index in [1.54, 1.807) is 0 Å². The third kappa shape index (κ3) is 3.93. The highest BCUT2D eigenvalue weighted by Crippen LogP contribution is 2.37. The molecule has 2 aromatic rings. The lowest BCUT2D eigenvalue weighted by Gasteiger charge is -2.27. The molecule has 4 heteroatoms. The highest BCUT2D eigenvalue weighted by molar-refractivity contribution is 7.46. The Hall–Kier alpha value is -1.47. The summed E-state index contributed by atoms with van der Waals surface area (Å²) >= 11 is 0. The SMILES string of the molecule is CCCc1c(CC)ncn(C(c2ccc(PC)cc2)C2CCCC2)c1=O. The number of aryl methyl sites for hydroxylation is 1. The predicted molar refractivity (Wildman–Crippen MR) is 112 cm³/mol. The highest BCUT2D eigenvalue weighted by Gasteiger charge is 2.29. The van der Waals surface area contributed by atoms with E-state index in [1.165, 1.54) is 36.6 Å². The van der Waals surface area contributed by atoms with Crippen molar-refractivity contribution in [3.63, 3.8) is 0 Å². The number of rotatable bonds is 7. The van der Waals surface area contributed by atoms with Crippen LogP contribution in [0.15, 0.2) is 35.4 Å². The molecule has 1 aliphatic rings. The fraction of sp³-hybridized carbons (Fsp3) is 0.545. The van der Waals surface area contributed by atoms with Crippen molar-refractivity contribution in [3.8, 4) is 0 Å². The van der Waals surface area contributed by atoms with E-state index in [-0.39, 0.29) is 11.6 Å². The molecule has 3 nitrogen and oxygen atoms in total. The Morgan fingerprint density at radius 2 is 1.88 bits per heavy atom. The molecule has 26 heavy (non-hydrogen) atoms. The van der Waals surface area contributed by atoms with Crippen LogP contribution in [0.25, 0.3) is 0 Å². The molecular weight excluding hydrogens is 339 g/mol. The van der Waals surface area contributed by atoms with Crippen LogP contribution < -0.4 is 10.9 Å². The van der Waals surface area contributed by atoms with Crippen LogP contribution in [0, 0.1) is 5.92 Å². The van der Waals surface area contributed by atoms with E-state index in [9.17, 15) is 4.79 Å². The molecule has 1 fully saturated rings. The van der Waals surface area contributed by atoms with Crippen molar-refractivity contribution in [3.05, 3.63) is 57.8 Å². The lowest BCUT2D eigenvalue weighted by molar-refractivity contribution is 0.372. The van der Waals surface area contributed by atoms with E-state index < -0.39 is 0 Å². The van der Waals surface area contributed by atoms with Crippen LogP contribution in [0.1, 0.15) is 68.8 Å². The fourth-order valence-electron chi connectivity index (χ4n) is 4.33. The third-order valence-corrected chi connectivity index (χ3v) is 6.61. The van der Waals surface area contributed by atoms with Gasteiger partial charge in [-0.3, -0.25) is 9.36 Å². The molecule has 1 aromatic heterocycles. The summed E-state index contributed by atoms with van der Waals surface area (Å²) in [7, 11) is 0.807. The van der Waals surface area contributed by atoms with Crippen molar-refractivity contribution in [2.24, 2.45) is 5.92 Å². The molecule has 0 saturated heterocycles. The molecule has 0 aliphatic heterocycles. The zero-order valence-corrected chi connectivity index (χ0v) is 17.3. The first-order valence-electron chi connectivity index (χ1n) is 10.1. The average Bonchev–Trinajstić information content (AvgIpc) is 3.20. The van der Waals surface area contributed by atoms with Crippen molar-refractivity contribution in [2.45, 2.75) is 64.8 Å². The van der Waals surface area contributed by atoms with Crippen LogP contribution in [-0.4, -0.2) is 16.2 Å². The number of benzene rings is 1. The van der Waals surface area contributed by atoms with Gasteiger partial charge in [-0.15, -0.1) is 0 Å². The zero-order valence-electron chi connectivity index (χ0n) is 16.3. The monoisotopic (exact) mass is 370 g/mol. The maximum atomic E-state index is 13.4. The van der Waals surface area contributed by atoms with Crippen LogP contribution in [0.5, 0.6) is 0 Å². The molecule has 1 heterocycles. The molecule has 0 amide bonds. The summed E-state index contributed by atoms with van der Waals surface area (Å²) in [5, 5.41) is 1.37. The van der Waals surface area contributed by atoms with Gasteiger partial charge in [0.05, 0.1) is 18.1 Å². The van der Waals surface area contributed by atoms with E-state index in [0.29, 0.717) is 5.92 Å². The fourth-order valence-corrected chi connectivity index (χ4v) is 4.83. The van der Waals surface area contributed by atoms with E-state index in [2.05, 4.69) is 44.8 Å². The summed E-state index contributed by atoms with van der Waals surface area (Å²) in [6, 6.07) is 9.03. The zero-order chi connectivity index (χ0) is 18.5. The Bertz CT molecular complexity index is 776. The Balaban J connectivity index is 2.09. The van der Waals surface area contributed by atoms with E-state index in [4.69, 9.17) is 4.98 Å². The quantitative estimate of drug-likeness (QED) is 0.674. The lowest BCUT2D eigenvalue weighted by atomic mass is 9.91. The van der Waals surface area contributed by atoms with Crippen LogP contribution in [0.2, 0.25) is 0 Å². The van der Waals surface area contributed by atoms with Gasteiger partial charge in [-0.1, -0.05) is 66.0 Å². The maximum absolute atomic E-state index is 13.4. The normalized spacial score (nSPS) is 16.6. The molecule has 1 aliphatic carbocycles. The largest absolute Gasteiger partial charge is 0.291 e. The molecule has 0 spiro atoms. The van der Waals surface area contributed by atoms with Crippen LogP contribution in [-0.2, 0) is 12.8 Å². The number of hydrogen-bond acceptors (Lipinski definition) is 2. The first-order valence-corrected chi connectivity index (χ1v) is 11.6. The Labute approximate surface area is 159 Å². The second-order valence-electron chi connectivity index (χ2n) is 7.35. The second kappa shape index (κ2) is 8.95. The van der Waals surface area contributed by atoms with E-state index >= 15 is 0 Å². The molecule has 2 atom stereocenters. The molecule has 1 aromatic carbocycles. The average molecular weight is 370 g/mol. The molecule has 1 saturated carbocycles. The van der Waals surface area contributed by atoms with Gasteiger partial charge in [0.15, 0.2) is 0 Å². The first-order chi connectivity index (χ1) is 12.7. The van der Waals surface area contributed by atoms with Crippen molar-refractivity contribution in [1.29, 1.82) is 0 Å². The van der Waals surface area contributed by atoms with E-state index in [1.807, 2.05) is 10.9 Å². The Morgan fingerprint density at radius 3 is 2.46 bits per heavy atom. The number of nitrogens with zero attached hydrogens (tertiary/aromatic N) is 2. The second-order valence-corrected chi connectivity index (χ2v) is 8.42. The van der Waals surface area contributed by atoms with Crippen LogP contribution in [0.3, 0.4) is 0 Å². The minimum absolute atomic E-state index is 0.119. The smallest absolute Gasteiger partial charge is 0.257 e. The van der Waals surface area contributed by atoms with Gasteiger partial charge in [0, 0.05) is 5.56 Å². The standard InChI is InChI=1S/C22H31N2OP/c1-4-8-19-20(5-2)23-15-24(22(19)25)21(16-9-6-7-10-16)17-11-13-18(26-3)14-12-17/h11-16,21,26H,4-10H2,1-3H3. The first kappa shape index (κ1) is 19.3. The third-order valence-electron chi connectivity index (χ3n) is 5.70. The molecule has 0 N–H and O–H groups in total. The number of hydrogen-bond donors (Lipinski definition) is 0. The molecule has 0 bridgehead atoms. The maximum Gasteiger partial charge on any atom is 0.257 e. The molecule has 2 unspecified atom stereocenters. The van der Waals surface area contributed by atoms with Gasteiger partial charge < -0.3 is 0 Å². The molecule has 3 rings (SSSR count). The molecular formula is C22H31N2OP. The van der Waals surface area contributed by atoms with Gasteiger partial charge in [-0.05, 0) is 49.1 Å². The van der Waals surface area contributed by atoms with Crippen molar-refractivity contribution >= 4 is 13.9 Å². The molecule has 0 radical (unpaired) electrons. The van der Waals surface area contributed by atoms with Crippen molar-refractivity contribution in [2.75, 3.05) is 6.66 Å². The number of aromatic nitrogens is 2. The minimum atomic E-state index is 0.119. The minimum Gasteiger partial charge on any atom is -0.291 e. The highest BCUT2D eigenvalue weighted by atomic mass is 31.1. The Kier molecular flexibility index (Phi) is 6.64. The van der Waals surface area contributed by atoms with Gasteiger partial charge >= 0.3 is 0 Å². The van der Waals surface area contributed by atoms with Gasteiger partial charge in [-0.25, -0.2) is 4.98 Å². The summed E-state index contributed by atoms with van der Waals surface area (Å²) in [4.78, 5) is 18.0.